The molecular weight excluding hydrogens is 437 g/mol. The average Bonchev–Trinajstić information content (AvgIpc) is 2.56. The second kappa shape index (κ2) is 8.93. The van der Waals surface area contributed by atoms with Gasteiger partial charge in [0, 0.05) is 9.13 Å². The predicted octanol–water partition coefficient (Wildman–Crippen LogP) is 3.91. The molecule has 0 bridgehead atoms. The number of carbonyl (C=O) groups is 1. The fourth-order valence-corrected chi connectivity index (χ4v) is 2.36. The monoisotopic (exact) mass is 455 g/mol. The zero-order valence-electron chi connectivity index (χ0n) is 13.4. The summed E-state index contributed by atoms with van der Waals surface area (Å²) in [5.41, 5.74) is 1.41. The maximum absolute atomic E-state index is 12.2. The van der Waals surface area contributed by atoms with Gasteiger partial charge in [0.15, 0.2) is 5.11 Å². The van der Waals surface area contributed by atoms with Crippen LogP contribution >= 0.6 is 34.8 Å². The zero-order valence-corrected chi connectivity index (χ0v) is 16.4. The summed E-state index contributed by atoms with van der Waals surface area (Å²) in [6.07, 6.45) is 0.939. The third-order valence-corrected chi connectivity index (χ3v) is 4.42. The molecule has 24 heavy (non-hydrogen) atoms. The van der Waals surface area contributed by atoms with Gasteiger partial charge < -0.3 is 10.1 Å². The van der Waals surface area contributed by atoms with Gasteiger partial charge in [-0.15, -0.1) is 0 Å². The summed E-state index contributed by atoms with van der Waals surface area (Å²) in [7, 11) is 0. The molecule has 126 valence electrons. The van der Waals surface area contributed by atoms with Gasteiger partial charge in [-0.1, -0.05) is 6.92 Å². The first kappa shape index (κ1) is 18.6. The summed E-state index contributed by atoms with van der Waals surface area (Å²) in [6.45, 7) is 4.61. The van der Waals surface area contributed by atoms with Crippen LogP contribution < -0.4 is 15.4 Å². The van der Waals surface area contributed by atoms with Crippen LogP contribution in [0, 0.1) is 10.5 Å². The van der Waals surface area contributed by atoms with Gasteiger partial charge in [-0.3, -0.25) is 10.1 Å². The number of halogens is 1. The van der Waals surface area contributed by atoms with Gasteiger partial charge >= 0.3 is 0 Å². The number of aromatic nitrogens is 1. The summed E-state index contributed by atoms with van der Waals surface area (Å²) >= 11 is 7.37. The second-order valence-corrected chi connectivity index (χ2v) is 6.62. The smallest absolute Gasteiger partial charge is 0.257 e. The van der Waals surface area contributed by atoms with Gasteiger partial charge in [0.1, 0.15) is 11.6 Å². The Kier molecular flexibility index (Phi) is 6.92. The van der Waals surface area contributed by atoms with Crippen molar-refractivity contribution in [1.82, 2.24) is 10.3 Å². The van der Waals surface area contributed by atoms with E-state index in [1.165, 1.54) is 0 Å². The van der Waals surface area contributed by atoms with E-state index in [4.69, 9.17) is 17.0 Å². The third kappa shape index (κ3) is 5.41. The zero-order chi connectivity index (χ0) is 17.5. The summed E-state index contributed by atoms with van der Waals surface area (Å²) in [5, 5.41) is 5.76. The summed E-state index contributed by atoms with van der Waals surface area (Å²) in [5.74, 6) is 1.06. The lowest BCUT2D eigenvalue weighted by atomic mass is 10.2. The lowest BCUT2D eigenvalue weighted by molar-refractivity contribution is 0.0977. The van der Waals surface area contributed by atoms with E-state index in [1.54, 1.807) is 24.3 Å². The number of ether oxygens (including phenoxy) is 1. The number of amides is 1. The number of benzene rings is 1. The highest BCUT2D eigenvalue weighted by atomic mass is 127. The van der Waals surface area contributed by atoms with Crippen LogP contribution in [0.1, 0.15) is 29.4 Å². The average molecular weight is 455 g/mol. The standard InChI is InChI=1S/C17H18IN3O2S/c1-3-10-23-13-6-4-12(5-7-13)16(22)21-17(24)20-15-9-8-14(18)11(2)19-15/h4-9H,3,10H2,1-2H3,(H2,19,20,21,22,24). The second-order valence-electron chi connectivity index (χ2n) is 5.04. The number of nitrogens with zero attached hydrogens (tertiary/aromatic N) is 1. The Morgan fingerprint density at radius 1 is 1.25 bits per heavy atom. The van der Waals surface area contributed by atoms with Crippen LogP contribution in [-0.2, 0) is 0 Å². The quantitative estimate of drug-likeness (QED) is 0.529. The molecule has 2 N–H and O–H groups in total. The van der Waals surface area contributed by atoms with Gasteiger partial charge in [0.25, 0.3) is 5.91 Å². The Balaban J connectivity index is 1.93. The van der Waals surface area contributed by atoms with Crippen LogP contribution in [0.3, 0.4) is 0 Å². The molecule has 0 saturated carbocycles. The molecule has 0 fully saturated rings. The molecule has 0 atom stereocenters. The van der Waals surface area contributed by atoms with Crippen molar-refractivity contribution in [2.75, 3.05) is 11.9 Å². The van der Waals surface area contributed by atoms with Gasteiger partial charge in [0.2, 0.25) is 0 Å². The van der Waals surface area contributed by atoms with Crippen LogP contribution in [0.4, 0.5) is 5.82 Å². The number of hydrogen-bond acceptors (Lipinski definition) is 4. The number of pyridine rings is 1. The minimum Gasteiger partial charge on any atom is -0.494 e. The fraction of sp³-hybridized carbons (Fsp3) is 0.235. The van der Waals surface area contributed by atoms with E-state index < -0.39 is 0 Å². The molecule has 5 nitrogen and oxygen atoms in total. The highest BCUT2D eigenvalue weighted by Crippen LogP contribution is 2.14. The van der Waals surface area contributed by atoms with E-state index in [0.717, 1.165) is 21.4 Å². The van der Waals surface area contributed by atoms with Gasteiger partial charge in [0.05, 0.1) is 12.3 Å². The number of nitrogens with one attached hydrogen (secondary N) is 2. The maximum atomic E-state index is 12.2. The van der Waals surface area contributed by atoms with Crippen LogP contribution in [-0.4, -0.2) is 22.6 Å². The third-order valence-electron chi connectivity index (χ3n) is 3.08. The Bertz CT molecular complexity index is 735. The van der Waals surface area contributed by atoms with Crippen molar-refractivity contribution in [1.29, 1.82) is 0 Å². The Morgan fingerprint density at radius 2 is 1.96 bits per heavy atom. The number of hydrogen-bond donors (Lipinski definition) is 2. The lowest BCUT2D eigenvalue weighted by Gasteiger charge is -2.10. The largest absolute Gasteiger partial charge is 0.494 e. The first-order valence-corrected chi connectivity index (χ1v) is 8.96. The van der Waals surface area contributed by atoms with Crippen molar-refractivity contribution < 1.29 is 9.53 Å². The van der Waals surface area contributed by atoms with Crippen molar-refractivity contribution in [2.24, 2.45) is 0 Å². The van der Waals surface area contributed by atoms with Crippen LogP contribution in [0.15, 0.2) is 36.4 Å². The molecule has 1 heterocycles. The SMILES string of the molecule is CCCOc1ccc(C(=O)NC(=S)Nc2ccc(I)c(C)n2)cc1. The predicted molar refractivity (Wildman–Crippen MR) is 108 cm³/mol. The fourth-order valence-electron chi connectivity index (χ4n) is 1.86. The van der Waals surface area contributed by atoms with Crippen molar-refractivity contribution in [2.45, 2.75) is 20.3 Å². The molecule has 1 aromatic carbocycles. The topological polar surface area (TPSA) is 63.2 Å². The molecule has 0 aliphatic heterocycles. The first-order valence-electron chi connectivity index (χ1n) is 7.48. The molecule has 0 spiro atoms. The summed E-state index contributed by atoms with van der Waals surface area (Å²) in [4.78, 5) is 16.5. The van der Waals surface area contributed by atoms with E-state index in [-0.39, 0.29) is 11.0 Å². The highest BCUT2D eigenvalue weighted by Gasteiger charge is 2.09. The molecule has 0 aliphatic rings. The maximum Gasteiger partial charge on any atom is 0.257 e. The molecule has 1 amide bonds. The Morgan fingerprint density at radius 3 is 2.58 bits per heavy atom. The molecule has 0 aliphatic carbocycles. The van der Waals surface area contributed by atoms with E-state index in [1.807, 2.05) is 26.0 Å². The normalized spacial score (nSPS) is 10.1. The van der Waals surface area contributed by atoms with Gasteiger partial charge in [-0.25, -0.2) is 4.98 Å². The summed E-state index contributed by atoms with van der Waals surface area (Å²) in [6, 6.07) is 10.7. The van der Waals surface area contributed by atoms with Crippen LogP contribution in [0.2, 0.25) is 0 Å². The number of thiocarbonyl (C=S) groups is 1. The number of aryl methyl sites for hydroxylation is 1. The van der Waals surface area contributed by atoms with Crippen molar-refractivity contribution in [3.05, 3.63) is 51.2 Å². The van der Waals surface area contributed by atoms with Crippen molar-refractivity contribution in [3.63, 3.8) is 0 Å². The van der Waals surface area contributed by atoms with Crippen molar-refractivity contribution >= 4 is 51.6 Å². The number of anilines is 1. The van der Waals surface area contributed by atoms with E-state index >= 15 is 0 Å². The molecule has 2 rings (SSSR count). The number of rotatable bonds is 5. The molecule has 0 radical (unpaired) electrons. The minimum atomic E-state index is -0.281. The Hall–Kier alpha value is -1.74. The lowest BCUT2D eigenvalue weighted by Crippen LogP contribution is -2.34. The minimum absolute atomic E-state index is 0.208. The molecule has 1 aromatic heterocycles. The van der Waals surface area contributed by atoms with Gasteiger partial charge in [-0.2, -0.15) is 0 Å². The highest BCUT2D eigenvalue weighted by molar-refractivity contribution is 14.1. The molecule has 7 heteroatoms. The van der Waals surface area contributed by atoms with E-state index in [9.17, 15) is 4.79 Å². The molecule has 0 saturated heterocycles. The van der Waals surface area contributed by atoms with E-state index in [2.05, 4.69) is 38.2 Å². The van der Waals surface area contributed by atoms with E-state index in [0.29, 0.717) is 18.0 Å². The number of carbonyl (C=O) groups excluding carboxylic acids is 1. The molecular formula is C17H18IN3O2S. The van der Waals surface area contributed by atoms with Crippen molar-refractivity contribution in [3.8, 4) is 5.75 Å². The molecule has 0 unspecified atom stereocenters. The van der Waals surface area contributed by atoms with Crippen LogP contribution in [0.5, 0.6) is 5.75 Å². The van der Waals surface area contributed by atoms with Crippen LogP contribution in [0.25, 0.3) is 0 Å². The molecule has 2 aromatic rings. The van der Waals surface area contributed by atoms with Gasteiger partial charge in [-0.05, 0) is 84.6 Å². The first-order chi connectivity index (χ1) is 11.5. The Labute approximate surface area is 160 Å². The summed E-state index contributed by atoms with van der Waals surface area (Å²) < 4.78 is 6.56.